The fraction of sp³-hybridized carbons (Fsp3) is 0.571. The van der Waals surface area contributed by atoms with Gasteiger partial charge in [-0.05, 0) is 38.4 Å². The third-order valence-corrected chi connectivity index (χ3v) is 4.29. The Morgan fingerprint density at radius 3 is 2.89 bits per heavy atom. The van der Waals surface area contributed by atoms with Crippen molar-refractivity contribution in [3.63, 3.8) is 0 Å². The van der Waals surface area contributed by atoms with E-state index in [2.05, 4.69) is 27.8 Å². The Kier molecular flexibility index (Phi) is 4.76. The maximum atomic E-state index is 14.1. The molecule has 2 unspecified atom stereocenters. The van der Waals surface area contributed by atoms with E-state index >= 15 is 0 Å². The first-order valence-corrected chi connectivity index (χ1v) is 7.33. The Morgan fingerprint density at radius 1 is 1.50 bits per heavy atom. The molecule has 1 fully saturated rings. The Bertz CT molecular complexity index is 411. The van der Waals surface area contributed by atoms with Crippen LogP contribution in [0.2, 0.25) is 0 Å². The Hall–Kier alpha value is -0.450. The number of hydrogen-bond acceptors (Lipinski definition) is 2. The molecule has 2 N–H and O–H groups in total. The summed E-state index contributed by atoms with van der Waals surface area (Å²) in [6.07, 6.45) is 3.62. The van der Waals surface area contributed by atoms with Crippen LogP contribution < -0.4 is 5.73 Å². The lowest BCUT2D eigenvalue weighted by Crippen LogP contribution is -2.43. The van der Waals surface area contributed by atoms with Crippen LogP contribution in [0.3, 0.4) is 0 Å². The fourth-order valence-electron chi connectivity index (χ4n) is 2.80. The molecule has 1 aliphatic heterocycles. The van der Waals surface area contributed by atoms with Crippen LogP contribution in [0.1, 0.15) is 37.8 Å². The Labute approximate surface area is 116 Å². The second kappa shape index (κ2) is 6.13. The molecule has 2 nitrogen and oxygen atoms in total. The highest BCUT2D eigenvalue weighted by Crippen LogP contribution is 2.30. The van der Waals surface area contributed by atoms with Gasteiger partial charge in [0.15, 0.2) is 0 Å². The summed E-state index contributed by atoms with van der Waals surface area (Å²) in [6, 6.07) is 5.73. The lowest BCUT2D eigenvalue weighted by molar-refractivity contribution is 0.107. The summed E-state index contributed by atoms with van der Waals surface area (Å²) < 4.78 is 14.8. The summed E-state index contributed by atoms with van der Waals surface area (Å²) in [5.74, 6) is -0.169. The molecule has 1 saturated heterocycles. The van der Waals surface area contributed by atoms with Crippen LogP contribution in [0.5, 0.6) is 0 Å². The number of rotatable bonds is 3. The van der Waals surface area contributed by atoms with Crippen LogP contribution in [0.25, 0.3) is 0 Å². The standard InChI is InChI=1S/C14H20BrFN2/c1-10-4-2-3-7-18(10)14(9-17)12-6-5-11(15)8-13(12)16/h5-6,8,10,14H,2-4,7,9,17H2,1H3. The number of likely N-dealkylation sites (tertiary alicyclic amines) is 1. The van der Waals surface area contributed by atoms with E-state index in [0.717, 1.165) is 16.6 Å². The molecule has 0 aromatic heterocycles. The van der Waals surface area contributed by atoms with Crippen molar-refractivity contribution in [2.75, 3.05) is 13.1 Å². The van der Waals surface area contributed by atoms with E-state index in [9.17, 15) is 4.39 Å². The molecule has 100 valence electrons. The predicted octanol–water partition coefficient (Wildman–Crippen LogP) is 3.46. The Morgan fingerprint density at radius 2 is 2.28 bits per heavy atom. The quantitative estimate of drug-likeness (QED) is 0.925. The van der Waals surface area contributed by atoms with E-state index in [1.165, 1.54) is 25.3 Å². The zero-order chi connectivity index (χ0) is 13.1. The summed E-state index contributed by atoms with van der Waals surface area (Å²) in [5.41, 5.74) is 6.60. The number of nitrogens with two attached hydrogens (primary N) is 1. The molecule has 1 aliphatic rings. The highest BCUT2D eigenvalue weighted by molar-refractivity contribution is 9.10. The van der Waals surface area contributed by atoms with Crippen LogP contribution >= 0.6 is 15.9 Å². The van der Waals surface area contributed by atoms with Gasteiger partial charge in [-0.2, -0.15) is 0 Å². The van der Waals surface area contributed by atoms with Gasteiger partial charge >= 0.3 is 0 Å². The maximum absolute atomic E-state index is 14.1. The molecular formula is C14H20BrFN2. The fourth-order valence-corrected chi connectivity index (χ4v) is 3.13. The number of hydrogen-bond donors (Lipinski definition) is 1. The summed E-state index contributed by atoms with van der Waals surface area (Å²) >= 11 is 3.29. The summed E-state index contributed by atoms with van der Waals surface area (Å²) in [5, 5.41) is 0. The minimum absolute atomic E-state index is 0.00611. The average Bonchev–Trinajstić information content (AvgIpc) is 2.34. The van der Waals surface area contributed by atoms with Gasteiger partial charge < -0.3 is 5.73 Å². The first-order chi connectivity index (χ1) is 8.63. The maximum Gasteiger partial charge on any atom is 0.129 e. The molecule has 0 amide bonds. The third-order valence-electron chi connectivity index (χ3n) is 3.80. The molecule has 4 heteroatoms. The average molecular weight is 315 g/mol. The molecule has 0 aliphatic carbocycles. The van der Waals surface area contributed by atoms with Crippen molar-refractivity contribution < 1.29 is 4.39 Å². The van der Waals surface area contributed by atoms with Crippen LogP contribution in [-0.2, 0) is 0 Å². The number of piperidine rings is 1. The molecule has 2 rings (SSSR count). The number of benzene rings is 1. The van der Waals surface area contributed by atoms with Gasteiger partial charge in [0.1, 0.15) is 5.82 Å². The van der Waals surface area contributed by atoms with Gasteiger partial charge in [0.25, 0.3) is 0 Å². The van der Waals surface area contributed by atoms with Gasteiger partial charge in [-0.25, -0.2) is 4.39 Å². The number of nitrogens with zero attached hydrogens (tertiary/aromatic N) is 1. The molecule has 0 radical (unpaired) electrons. The highest BCUT2D eigenvalue weighted by Gasteiger charge is 2.27. The molecule has 0 saturated carbocycles. The number of halogens is 2. The lowest BCUT2D eigenvalue weighted by Gasteiger charge is -2.39. The van der Waals surface area contributed by atoms with Gasteiger partial charge in [-0.1, -0.05) is 28.4 Å². The van der Waals surface area contributed by atoms with Crippen molar-refractivity contribution in [1.29, 1.82) is 0 Å². The van der Waals surface area contributed by atoms with Crippen molar-refractivity contribution in [1.82, 2.24) is 4.90 Å². The second-order valence-corrected chi connectivity index (χ2v) is 5.92. The van der Waals surface area contributed by atoms with E-state index in [-0.39, 0.29) is 11.9 Å². The normalized spacial score (nSPS) is 23.0. The van der Waals surface area contributed by atoms with Gasteiger partial charge in [0, 0.05) is 22.6 Å². The van der Waals surface area contributed by atoms with Crippen molar-refractivity contribution in [2.45, 2.75) is 38.3 Å². The van der Waals surface area contributed by atoms with Crippen LogP contribution in [0.4, 0.5) is 4.39 Å². The molecule has 0 spiro atoms. The van der Waals surface area contributed by atoms with E-state index in [1.807, 2.05) is 12.1 Å². The zero-order valence-electron chi connectivity index (χ0n) is 10.7. The first-order valence-electron chi connectivity index (χ1n) is 6.54. The van der Waals surface area contributed by atoms with E-state index < -0.39 is 0 Å². The Balaban J connectivity index is 2.26. The van der Waals surface area contributed by atoms with Gasteiger partial charge in [-0.3, -0.25) is 4.90 Å². The smallest absolute Gasteiger partial charge is 0.129 e. The highest BCUT2D eigenvalue weighted by atomic mass is 79.9. The SMILES string of the molecule is CC1CCCCN1C(CN)c1ccc(Br)cc1F. The minimum Gasteiger partial charge on any atom is -0.329 e. The van der Waals surface area contributed by atoms with E-state index in [0.29, 0.717) is 12.6 Å². The van der Waals surface area contributed by atoms with Crippen molar-refractivity contribution >= 4 is 15.9 Å². The molecule has 18 heavy (non-hydrogen) atoms. The molecular weight excluding hydrogens is 295 g/mol. The van der Waals surface area contributed by atoms with Crippen LogP contribution in [0.15, 0.2) is 22.7 Å². The van der Waals surface area contributed by atoms with Crippen molar-refractivity contribution in [3.05, 3.63) is 34.1 Å². The second-order valence-electron chi connectivity index (χ2n) is 5.00. The molecule has 1 aromatic carbocycles. The molecule has 0 bridgehead atoms. The lowest BCUT2D eigenvalue weighted by atomic mass is 9.97. The van der Waals surface area contributed by atoms with Crippen molar-refractivity contribution in [3.8, 4) is 0 Å². The monoisotopic (exact) mass is 314 g/mol. The van der Waals surface area contributed by atoms with Gasteiger partial charge in [0.2, 0.25) is 0 Å². The van der Waals surface area contributed by atoms with Crippen LogP contribution in [0, 0.1) is 5.82 Å². The minimum atomic E-state index is -0.169. The zero-order valence-corrected chi connectivity index (χ0v) is 12.3. The van der Waals surface area contributed by atoms with E-state index in [1.54, 1.807) is 0 Å². The summed E-state index contributed by atoms with van der Waals surface area (Å²) in [7, 11) is 0. The van der Waals surface area contributed by atoms with Crippen LogP contribution in [-0.4, -0.2) is 24.0 Å². The molecule has 2 atom stereocenters. The topological polar surface area (TPSA) is 29.3 Å². The summed E-state index contributed by atoms with van der Waals surface area (Å²) in [6.45, 7) is 3.68. The van der Waals surface area contributed by atoms with Crippen molar-refractivity contribution in [2.24, 2.45) is 5.73 Å². The first kappa shape index (κ1) is 14.0. The predicted molar refractivity (Wildman–Crippen MR) is 75.9 cm³/mol. The van der Waals surface area contributed by atoms with Gasteiger partial charge in [-0.15, -0.1) is 0 Å². The molecule has 1 aromatic rings. The third kappa shape index (κ3) is 2.92. The largest absolute Gasteiger partial charge is 0.329 e. The summed E-state index contributed by atoms with van der Waals surface area (Å²) in [4.78, 5) is 2.34. The van der Waals surface area contributed by atoms with E-state index in [4.69, 9.17) is 5.73 Å². The van der Waals surface area contributed by atoms with Gasteiger partial charge in [0.05, 0.1) is 6.04 Å². The molecule has 1 heterocycles.